The molecule has 0 aliphatic rings. The minimum atomic E-state index is -0.591. The zero-order valence-electron chi connectivity index (χ0n) is 19.0. The zero-order chi connectivity index (χ0) is 24.2. The van der Waals surface area contributed by atoms with E-state index in [-0.39, 0.29) is 0 Å². The van der Waals surface area contributed by atoms with E-state index in [0.717, 1.165) is 26.9 Å². The first-order chi connectivity index (χ1) is 16.4. The lowest BCUT2D eigenvalue weighted by Crippen LogP contribution is -2.21. The van der Waals surface area contributed by atoms with Crippen molar-refractivity contribution in [1.29, 1.82) is 0 Å². The predicted octanol–water partition coefficient (Wildman–Crippen LogP) is 6.09. The molecule has 0 bridgehead atoms. The number of nitrogens with one attached hydrogen (secondary N) is 1. The van der Waals surface area contributed by atoms with E-state index in [2.05, 4.69) is 26.2 Å². The summed E-state index contributed by atoms with van der Waals surface area (Å²) < 4.78 is 11.6. The SMILES string of the molecule is COc1ccc(-c2cc(C(=O)OCC(=O)Nc3cc(C)c(Br)c(C)c3)c3ccccc3n2)cc1. The Labute approximate surface area is 206 Å². The third-order valence-electron chi connectivity index (χ3n) is 5.38. The smallest absolute Gasteiger partial charge is 0.339 e. The lowest BCUT2D eigenvalue weighted by Gasteiger charge is -2.12. The second-order valence-corrected chi connectivity index (χ2v) is 8.64. The molecule has 1 amide bonds. The Balaban J connectivity index is 1.55. The molecular formula is C27H23BrN2O4. The Hall–Kier alpha value is -3.71. The summed E-state index contributed by atoms with van der Waals surface area (Å²) in [4.78, 5) is 30.1. The van der Waals surface area contributed by atoms with Gasteiger partial charge in [0, 0.05) is 21.1 Å². The Kier molecular flexibility index (Phi) is 6.93. The molecule has 3 aromatic carbocycles. The average Bonchev–Trinajstić information content (AvgIpc) is 2.85. The van der Waals surface area contributed by atoms with Gasteiger partial charge in [-0.15, -0.1) is 0 Å². The number of hydrogen-bond acceptors (Lipinski definition) is 5. The molecule has 4 aromatic rings. The second-order valence-electron chi connectivity index (χ2n) is 7.85. The lowest BCUT2D eigenvalue weighted by atomic mass is 10.0. The molecule has 0 atom stereocenters. The van der Waals surface area contributed by atoms with E-state index in [1.165, 1.54) is 0 Å². The number of pyridine rings is 1. The summed E-state index contributed by atoms with van der Waals surface area (Å²) in [5.74, 6) is -0.277. The second kappa shape index (κ2) is 10.1. The van der Waals surface area contributed by atoms with Crippen molar-refractivity contribution in [3.8, 4) is 17.0 Å². The number of methoxy groups -OCH3 is 1. The van der Waals surface area contributed by atoms with Gasteiger partial charge in [0.2, 0.25) is 0 Å². The van der Waals surface area contributed by atoms with Crippen molar-refractivity contribution in [2.24, 2.45) is 0 Å². The van der Waals surface area contributed by atoms with E-state index in [1.54, 1.807) is 13.2 Å². The number of carbonyl (C=O) groups excluding carboxylic acids is 2. The number of benzene rings is 3. The molecule has 0 spiro atoms. The Morgan fingerprint density at radius 1 is 0.971 bits per heavy atom. The third-order valence-corrected chi connectivity index (χ3v) is 6.63. The summed E-state index contributed by atoms with van der Waals surface area (Å²) in [5.41, 5.74) is 5.11. The Bertz CT molecular complexity index is 1360. The van der Waals surface area contributed by atoms with Gasteiger partial charge < -0.3 is 14.8 Å². The zero-order valence-corrected chi connectivity index (χ0v) is 20.6. The molecule has 172 valence electrons. The maximum Gasteiger partial charge on any atom is 0.339 e. The van der Waals surface area contributed by atoms with Gasteiger partial charge in [0.05, 0.1) is 23.9 Å². The van der Waals surface area contributed by atoms with Crippen LogP contribution >= 0.6 is 15.9 Å². The molecule has 0 aliphatic heterocycles. The van der Waals surface area contributed by atoms with Crippen LogP contribution in [0.3, 0.4) is 0 Å². The highest BCUT2D eigenvalue weighted by atomic mass is 79.9. The van der Waals surface area contributed by atoms with Crippen LogP contribution in [0.5, 0.6) is 5.75 Å². The molecule has 0 radical (unpaired) electrons. The molecule has 1 N–H and O–H groups in total. The summed E-state index contributed by atoms with van der Waals surface area (Å²) in [6.45, 7) is 3.49. The van der Waals surface area contributed by atoms with Gasteiger partial charge >= 0.3 is 5.97 Å². The first-order valence-corrected chi connectivity index (χ1v) is 11.4. The van der Waals surface area contributed by atoms with Gasteiger partial charge in [-0.05, 0) is 73.5 Å². The van der Waals surface area contributed by atoms with Crippen molar-refractivity contribution in [3.63, 3.8) is 0 Å². The molecule has 0 aliphatic carbocycles. The number of esters is 1. The number of aromatic nitrogens is 1. The quantitative estimate of drug-likeness (QED) is 0.312. The van der Waals surface area contributed by atoms with Crippen LogP contribution in [0.15, 0.2) is 71.2 Å². The number of nitrogens with zero attached hydrogens (tertiary/aromatic N) is 1. The van der Waals surface area contributed by atoms with Gasteiger partial charge in [0.15, 0.2) is 6.61 Å². The molecule has 1 heterocycles. The number of halogens is 1. The molecule has 4 rings (SSSR count). The number of carbonyl (C=O) groups is 2. The molecule has 0 unspecified atom stereocenters. The van der Waals surface area contributed by atoms with Crippen molar-refractivity contribution in [2.75, 3.05) is 19.0 Å². The summed E-state index contributed by atoms with van der Waals surface area (Å²) >= 11 is 3.51. The van der Waals surface area contributed by atoms with E-state index < -0.39 is 18.5 Å². The predicted molar refractivity (Wildman–Crippen MR) is 136 cm³/mol. The maximum absolute atomic E-state index is 13.0. The van der Waals surface area contributed by atoms with Crippen LogP contribution in [0, 0.1) is 13.8 Å². The minimum absolute atomic E-state index is 0.347. The Morgan fingerprint density at radius 3 is 2.32 bits per heavy atom. The molecule has 0 fully saturated rings. The van der Waals surface area contributed by atoms with E-state index in [0.29, 0.717) is 27.8 Å². The van der Waals surface area contributed by atoms with Gasteiger partial charge in [0.1, 0.15) is 5.75 Å². The van der Waals surface area contributed by atoms with Crippen molar-refractivity contribution in [2.45, 2.75) is 13.8 Å². The number of ether oxygens (including phenoxy) is 2. The van der Waals surface area contributed by atoms with Crippen molar-refractivity contribution in [1.82, 2.24) is 4.98 Å². The number of hydrogen-bond donors (Lipinski definition) is 1. The standard InChI is InChI=1S/C27H23BrN2O4/c1-16-12-19(13-17(2)26(16)28)29-25(31)15-34-27(32)22-14-24(18-8-10-20(33-3)11-9-18)30-23-7-5-4-6-21(22)23/h4-14H,15H2,1-3H3,(H,29,31). The molecular weight excluding hydrogens is 496 g/mol. The van der Waals surface area contributed by atoms with Crippen molar-refractivity contribution in [3.05, 3.63) is 87.9 Å². The Morgan fingerprint density at radius 2 is 1.65 bits per heavy atom. The average molecular weight is 519 g/mol. The number of anilines is 1. The van der Waals surface area contributed by atoms with E-state index in [1.807, 2.05) is 74.5 Å². The summed E-state index contributed by atoms with van der Waals surface area (Å²) in [5, 5.41) is 3.44. The van der Waals surface area contributed by atoms with Crippen LogP contribution in [-0.4, -0.2) is 30.6 Å². The first-order valence-electron chi connectivity index (χ1n) is 10.6. The number of para-hydroxylation sites is 1. The van der Waals surface area contributed by atoms with E-state index >= 15 is 0 Å². The van der Waals surface area contributed by atoms with Gasteiger partial charge in [0.25, 0.3) is 5.91 Å². The molecule has 34 heavy (non-hydrogen) atoms. The normalized spacial score (nSPS) is 10.7. The van der Waals surface area contributed by atoms with Crippen LogP contribution in [0.4, 0.5) is 5.69 Å². The topological polar surface area (TPSA) is 77.5 Å². The number of amides is 1. The summed E-state index contributed by atoms with van der Waals surface area (Å²) in [6.07, 6.45) is 0. The van der Waals surface area contributed by atoms with Gasteiger partial charge in [-0.1, -0.05) is 34.1 Å². The molecule has 7 heteroatoms. The lowest BCUT2D eigenvalue weighted by molar-refractivity contribution is -0.119. The van der Waals surface area contributed by atoms with Crippen LogP contribution in [-0.2, 0) is 9.53 Å². The monoisotopic (exact) mass is 518 g/mol. The number of aryl methyl sites for hydroxylation is 2. The van der Waals surface area contributed by atoms with Crippen molar-refractivity contribution < 1.29 is 19.1 Å². The van der Waals surface area contributed by atoms with Crippen LogP contribution < -0.4 is 10.1 Å². The highest BCUT2D eigenvalue weighted by molar-refractivity contribution is 9.10. The van der Waals surface area contributed by atoms with Crippen LogP contribution in [0.2, 0.25) is 0 Å². The van der Waals surface area contributed by atoms with Crippen LogP contribution in [0.1, 0.15) is 21.5 Å². The van der Waals surface area contributed by atoms with Crippen molar-refractivity contribution >= 4 is 44.4 Å². The summed E-state index contributed by atoms with van der Waals surface area (Å²) in [6, 6.07) is 20.2. The van der Waals surface area contributed by atoms with E-state index in [9.17, 15) is 9.59 Å². The van der Waals surface area contributed by atoms with Gasteiger partial charge in [-0.2, -0.15) is 0 Å². The maximum atomic E-state index is 13.0. The highest BCUT2D eigenvalue weighted by Gasteiger charge is 2.17. The molecule has 6 nitrogen and oxygen atoms in total. The molecule has 0 saturated carbocycles. The molecule has 1 aromatic heterocycles. The third kappa shape index (κ3) is 5.10. The van der Waals surface area contributed by atoms with E-state index in [4.69, 9.17) is 9.47 Å². The number of rotatable bonds is 6. The molecule has 0 saturated heterocycles. The van der Waals surface area contributed by atoms with Crippen LogP contribution in [0.25, 0.3) is 22.2 Å². The highest BCUT2D eigenvalue weighted by Crippen LogP contribution is 2.27. The summed E-state index contributed by atoms with van der Waals surface area (Å²) in [7, 11) is 1.60. The largest absolute Gasteiger partial charge is 0.497 e. The minimum Gasteiger partial charge on any atom is -0.497 e. The first kappa shape index (κ1) is 23.4. The van der Waals surface area contributed by atoms with Gasteiger partial charge in [-0.3, -0.25) is 4.79 Å². The fourth-order valence-electron chi connectivity index (χ4n) is 3.68. The fraction of sp³-hybridized carbons (Fsp3) is 0.148. The van der Waals surface area contributed by atoms with Gasteiger partial charge in [-0.25, -0.2) is 9.78 Å². The fourth-order valence-corrected chi connectivity index (χ4v) is 3.91. The number of fused-ring (bicyclic) bond motifs is 1.